The van der Waals surface area contributed by atoms with Gasteiger partial charge in [0.2, 0.25) is 11.8 Å². The Labute approximate surface area is 444 Å². The summed E-state index contributed by atoms with van der Waals surface area (Å²) in [6.07, 6.45) is 3.62. The van der Waals surface area contributed by atoms with Gasteiger partial charge in [-0.2, -0.15) is 0 Å². The van der Waals surface area contributed by atoms with Crippen molar-refractivity contribution in [2.24, 2.45) is 11.8 Å². The third kappa shape index (κ3) is 10.6. The highest BCUT2D eigenvalue weighted by Crippen LogP contribution is 2.49. The Kier molecular flexibility index (Phi) is 15.1. The van der Waals surface area contributed by atoms with Crippen molar-refractivity contribution in [2.75, 3.05) is 50.2 Å². The summed E-state index contributed by atoms with van der Waals surface area (Å²) in [5.74, 6) is -2.54. The van der Waals surface area contributed by atoms with Crippen molar-refractivity contribution in [1.29, 1.82) is 0 Å². The summed E-state index contributed by atoms with van der Waals surface area (Å²) >= 11 is 0. The maximum Gasteiger partial charge on any atom is 0.407 e. The van der Waals surface area contributed by atoms with Gasteiger partial charge in [-0.3, -0.25) is 9.59 Å². The molecule has 4 amide bonds. The van der Waals surface area contributed by atoms with Crippen LogP contribution in [0.2, 0.25) is 0 Å². The number of likely N-dealkylation sites (tertiary alicyclic amines) is 2. The van der Waals surface area contributed by atoms with Crippen LogP contribution in [0.5, 0.6) is 0 Å². The molecule has 0 spiro atoms. The van der Waals surface area contributed by atoms with E-state index in [1.54, 1.807) is 14.7 Å². The number of carbonyl (C=O) groups is 4. The van der Waals surface area contributed by atoms with Crippen molar-refractivity contribution in [3.05, 3.63) is 118 Å². The molecule has 4 aromatic carbocycles. The van der Waals surface area contributed by atoms with Crippen LogP contribution in [0, 0.1) is 35.1 Å². The number of anilines is 2. The summed E-state index contributed by atoms with van der Waals surface area (Å²) in [6.45, 7) is 9.03. The van der Waals surface area contributed by atoms with E-state index in [0.29, 0.717) is 85.5 Å². The molecule has 4 aliphatic heterocycles. The van der Waals surface area contributed by atoms with Gasteiger partial charge in [-0.1, -0.05) is 39.8 Å². The van der Waals surface area contributed by atoms with Crippen LogP contribution in [-0.2, 0) is 19.1 Å². The fourth-order valence-electron chi connectivity index (χ4n) is 12.3. The number of alkyl carbamates (subject to hydrolysis) is 2. The number of halogens is 4. The Morgan fingerprint density at radius 2 is 1.03 bits per heavy atom. The number of aromatic amines is 2. The number of nitrogens with zero attached hydrogens (tertiary/aromatic N) is 6. The second-order valence-electron chi connectivity index (χ2n) is 21.6. The molecule has 6 atom stereocenters. The summed E-state index contributed by atoms with van der Waals surface area (Å²) < 4.78 is 71.6. The largest absolute Gasteiger partial charge is 0.453 e. The third-order valence-corrected chi connectivity index (χ3v) is 16.2. The molecule has 4 aliphatic rings. The number of hydrogen-bond acceptors (Lipinski definition) is 10. The zero-order chi connectivity index (χ0) is 54.4. The lowest BCUT2D eigenvalue weighted by atomic mass is 9.89. The molecule has 4 saturated heterocycles. The number of piperidine rings is 1. The number of fused-ring (bicyclic) bond motifs is 2. The van der Waals surface area contributed by atoms with E-state index in [9.17, 15) is 28.0 Å². The van der Waals surface area contributed by atoms with Crippen molar-refractivity contribution in [3.8, 4) is 0 Å². The van der Waals surface area contributed by atoms with Crippen LogP contribution in [0.4, 0.5) is 38.5 Å². The molecule has 16 nitrogen and oxygen atoms in total. The Morgan fingerprint density at radius 3 is 1.45 bits per heavy atom. The standard InChI is InChI=1S/C57H66F4N10O6/c1-30(2)49(66-56(74)76-5)54(72)69-19-7-9-47(69)52-62-41-13-11-33(25-43(41)64-52)45-15-16-46(71(45)38-28-39(60)51(40(61)29-38)68-21-17-32(18-22-68)35-23-36(58)27-37(59)24-35)34-12-14-42-44(26-34)65-53(63-42)48-10-8-20-70(48)55(73)50(31(3)4)67-57(75)77-6/h11-14,23-32,45-50H,7-10,15-22H2,1-6H3,(H,62,64)(H,63,65)(H,66,74)(H,67,75)/t45-,46-,47+,48+,49+,50?/m1/s1. The first kappa shape index (κ1) is 53.0. The minimum Gasteiger partial charge on any atom is -0.453 e. The molecule has 408 valence electrons. The first-order chi connectivity index (χ1) is 37.0. The summed E-state index contributed by atoms with van der Waals surface area (Å²) in [4.78, 5) is 76.6. The number of carbonyl (C=O) groups excluding carboxylic acids is 4. The third-order valence-electron chi connectivity index (χ3n) is 16.2. The number of nitrogens with one attached hydrogen (secondary N) is 4. The van der Waals surface area contributed by atoms with Crippen LogP contribution in [0.15, 0.2) is 66.7 Å². The Morgan fingerprint density at radius 1 is 0.571 bits per heavy atom. The van der Waals surface area contributed by atoms with Gasteiger partial charge in [0.25, 0.3) is 0 Å². The molecule has 4 fully saturated rings. The predicted octanol–water partition coefficient (Wildman–Crippen LogP) is 10.6. The molecule has 0 bridgehead atoms. The Hall–Kier alpha value is -7.38. The molecule has 0 aliphatic carbocycles. The Bertz CT molecular complexity index is 3000. The van der Waals surface area contributed by atoms with Crippen molar-refractivity contribution in [1.82, 2.24) is 40.4 Å². The van der Waals surface area contributed by atoms with E-state index in [2.05, 4.69) is 25.5 Å². The maximum absolute atomic E-state index is 16.8. The van der Waals surface area contributed by atoms with Crippen LogP contribution in [-0.4, -0.2) is 106 Å². The highest BCUT2D eigenvalue weighted by Gasteiger charge is 2.41. The molecule has 0 saturated carbocycles. The minimum absolute atomic E-state index is 0.150. The van der Waals surface area contributed by atoms with E-state index in [1.807, 2.05) is 64.1 Å². The molecule has 6 aromatic rings. The molecule has 0 radical (unpaired) electrons. The molecule has 1 unspecified atom stereocenters. The van der Waals surface area contributed by atoms with Gasteiger partial charge in [0.05, 0.1) is 60.5 Å². The number of methoxy groups -OCH3 is 2. The SMILES string of the molecule is COC(=O)NC(C(=O)N1CCC[C@H]1c1nc2ccc([C@H]3CC[C@H](c4ccc5nc([C@@H]6CCCN6C(=O)[C@@H](NC(=O)OC)C(C)C)[nH]c5c4)N3c3cc(F)c(N4CCC(c5cc(F)cc(F)c5)CC4)c(F)c3)cc2[nH]1)C(C)C. The van der Waals surface area contributed by atoms with Gasteiger partial charge in [0.1, 0.15) is 41.1 Å². The average molecular weight is 1060 g/mol. The van der Waals surface area contributed by atoms with Crippen LogP contribution < -0.4 is 20.4 Å². The molecule has 4 N–H and O–H groups in total. The average Bonchev–Trinajstić information content (AvgIpc) is 4.29. The number of amides is 4. The number of aromatic nitrogens is 4. The van der Waals surface area contributed by atoms with Crippen LogP contribution >= 0.6 is 0 Å². The number of benzene rings is 4. The minimum atomic E-state index is -0.791. The van der Waals surface area contributed by atoms with Gasteiger partial charge < -0.3 is 49.7 Å². The predicted molar refractivity (Wildman–Crippen MR) is 282 cm³/mol. The van der Waals surface area contributed by atoms with Crippen molar-refractivity contribution in [2.45, 2.75) is 121 Å². The summed E-state index contributed by atoms with van der Waals surface area (Å²) in [7, 11) is 2.52. The lowest BCUT2D eigenvalue weighted by molar-refractivity contribution is -0.136. The first-order valence-corrected chi connectivity index (χ1v) is 26.8. The maximum atomic E-state index is 16.8. The molecular weight excluding hydrogens is 997 g/mol. The van der Waals surface area contributed by atoms with E-state index in [4.69, 9.17) is 19.4 Å². The number of rotatable bonds is 13. The topological polar surface area (TPSA) is 181 Å². The van der Waals surface area contributed by atoms with Gasteiger partial charge in [0, 0.05) is 37.9 Å². The van der Waals surface area contributed by atoms with Crippen LogP contribution in [0.1, 0.15) is 137 Å². The van der Waals surface area contributed by atoms with E-state index in [0.717, 1.165) is 41.1 Å². The normalized spacial score (nSPS) is 20.9. The number of hydrogen-bond donors (Lipinski definition) is 4. The molecule has 10 rings (SSSR count). The van der Waals surface area contributed by atoms with E-state index >= 15 is 8.78 Å². The summed E-state index contributed by atoms with van der Waals surface area (Å²) in [6, 6.07) is 15.1. The van der Waals surface area contributed by atoms with E-state index in [-0.39, 0.29) is 72.5 Å². The summed E-state index contributed by atoms with van der Waals surface area (Å²) in [5, 5.41) is 5.40. The second kappa shape index (κ2) is 21.9. The zero-order valence-electron chi connectivity index (χ0n) is 44.2. The fourth-order valence-corrected chi connectivity index (χ4v) is 12.3. The number of H-pyrrole nitrogens is 2. The van der Waals surface area contributed by atoms with Gasteiger partial charge in [-0.15, -0.1) is 0 Å². The van der Waals surface area contributed by atoms with E-state index < -0.39 is 47.5 Å². The van der Waals surface area contributed by atoms with Gasteiger partial charge in [-0.05, 0) is 134 Å². The lowest BCUT2D eigenvalue weighted by Gasteiger charge is -2.36. The van der Waals surface area contributed by atoms with Gasteiger partial charge in [-0.25, -0.2) is 37.1 Å². The van der Waals surface area contributed by atoms with E-state index in [1.165, 1.54) is 38.5 Å². The van der Waals surface area contributed by atoms with Gasteiger partial charge >= 0.3 is 12.2 Å². The smallest absolute Gasteiger partial charge is 0.407 e. The number of imidazole rings is 2. The van der Waals surface area contributed by atoms with Crippen molar-refractivity contribution in [3.63, 3.8) is 0 Å². The molecule has 6 heterocycles. The van der Waals surface area contributed by atoms with Gasteiger partial charge in [0.15, 0.2) is 11.6 Å². The van der Waals surface area contributed by atoms with Crippen LogP contribution in [0.25, 0.3) is 22.1 Å². The molecular formula is C57H66F4N10O6. The first-order valence-electron chi connectivity index (χ1n) is 26.8. The second-order valence-corrected chi connectivity index (χ2v) is 21.6. The number of ether oxygens (including phenoxy) is 2. The Balaban J connectivity index is 0.965. The van der Waals surface area contributed by atoms with Crippen molar-refractivity contribution >= 4 is 57.4 Å². The highest BCUT2D eigenvalue weighted by molar-refractivity contribution is 5.88. The monoisotopic (exact) mass is 1060 g/mol. The summed E-state index contributed by atoms with van der Waals surface area (Å²) in [5.41, 5.74) is 5.33. The molecule has 2 aromatic heterocycles. The fraction of sp³-hybridized carbons (Fsp3) is 0.474. The molecule has 20 heteroatoms. The van der Waals surface area contributed by atoms with Crippen molar-refractivity contribution < 1.29 is 46.2 Å². The highest BCUT2D eigenvalue weighted by atomic mass is 19.1. The molecule has 77 heavy (non-hydrogen) atoms. The lowest BCUT2D eigenvalue weighted by Crippen LogP contribution is -2.51. The van der Waals surface area contributed by atoms with Crippen LogP contribution in [0.3, 0.4) is 0 Å². The zero-order valence-corrected chi connectivity index (χ0v) is 44.2. The quantitative estimate of drug-likeness (QED) is 0.0813.